The zero-order valence-electron chi connectivity index (χ0n) is 81.2. The summed E-state index contributed by atoms with van der Waals surface area (Å²) in [5, 5.41) is 82.8. The van der Waals surface area contributed by atoms with E-state index in [0.717, 1.165) is 145 Å². The van der Waals surface area contributed by atoms with Crippen LogP contribution in [0.25, 0.3) is 134 Å². The van der Waals surface area contributed by atoms with E-state index in [1.54, 1.807) is 132 Å². The van der Waals surface area contributed by atoms with Crippen molar-refractivity contribution in [3.63, 3.8) is 0 Å². The number of rotatable bonds is 12. The Morgan fingerprint density at radius 2 is 0.345 bits per heavy atom. The summed E-state index contributed by atoms with van der Waals surface area (Å²) in [6, 6.07) is 93.2. The monoisotopic (exact) mass is 1890 g/mol. The van der Waals surface area contributed by atoms with Crippen LogP contribution >= 0.6 is 0 Å². The third kappa shape index (κ3) is 17.5. The number of phenols is 8. The highest BCUT2D eigenvalue weighted by Crippen LogP contribution is 2.68. The third-order valence-electron chi connectivity index (χ3n) is 26.4. The van der Waals surface area contributed by atoms with Crippen LogP contribution in [-0.2, 0) is 29.8 Å². The van der Waals surface area contributed by atoms with Gasteiger partial charge in [0.2, 0.25) is 0 Å². The van der Waals surface area contributed by atoms with Crippen LogP contribution in [0.15, 0.2) is 291 Å². The van der Waals surface area contributed by atoms with E-state index in [0.29, 0.717) is 33.4 Å². The Bertz CT molecular complexity index is 7290. The van der Waals surface area contributed by atoms with Crippen molar-refractivity contribution >= 4 is 24.6 Å². The predicted molar refractivity (Wildman–Crippen MR) is 549 cm³/mol. The van der Waals surface area contributed by atoms with Crippen LogP contribution in [0.2, 0.25) is 0 Å². The van der Waals surface area contributed by atoms with E-state index in [1.165, 1.54) is 70.8 Å². The fraction of sp³-hybridized carbons (Fsp3) is 0.180. The molecule has 0 unspecified atom stereocenters. The summed E-state index contributed by atoms with van der Waals surface area (Å²) >= 11 is 0. The van der Waals surface area contributed by atoms with Gasteiger partial charge in [0.15, 0.2) is 69.0 Å². The molecule has 0 radical (unpaired) electrons. The molecule has 20 rings (SSSR count). The van der Waals surface area contributed by atoms with Crippen molar-refractivity contribution in [2.75, 3.05) is 0 Å². The van der Waals surface area contributed by atoms with Gasteiger partial charge in [-0.1, -0.05) is 170 Å². The van der Waals surface area contributed by atoms with E-state index in [1.807, 2.05) is 48.5 Å². The first-order valence-corrected chi connectivity index (χ1v) is 46.7. The molecule has 712 valence electrons. The smallest absolute Gasteiger partial charge is 0.504 e. The molecule has 20 nitrogen and oxygen atoms in total. The average Bonchev–Trinajstić information content (AvgIpc) is 1.51. The maximum Gasteiger partial charge on any atom is 0.514 e. The number of carbonyl (C=O) groups excluding carboxylic acids is 4. The van der Waals surface area contributed by atoms with E-state index >= 15 is 0 Å². The first kappa shape index (κ1) is 94.0. The van der Waals surface area contributed by atoms with Crippen molar-refractivity contribution in [2.24, 2.45) is 0 Å². The Balaban J connectivity index is 0.000000194. The molecule has 0 atom stereocenters. The van der Waals surface area contributed by atoms with E-state index in [-0.39, 0.29) is 69.0 Å². The molecule has 4 aliphatic rings. The number of aromatic hydroxyl groups is 8. The van der Waals surface area contributed by atoms with Crippen LogP contribution in [0.3, 0.4) is 0 Å². The quantitative estimate of drug-likeness (QED) is 0.0244. The number of carbonyl (C=O) groups is 4. The molecule has 16 aromatic carbocycles. The van der Waals surface area contributed by atoms with Crippen LogP contribution in [-0.4, -0.2) is 87.9 Å². The Morgan fingerprint density at radius 1 is 0.183 bits per heavy atom. The molecule has 0 heterocycles. The summed E-state index contributed by atoms with van der Waals surface area (Å²) < 4.78 is 45.4. The third-order valence-corrected chi connectivity index (χ3v) is 26.4. The van der Waals surface area contributed by atoms with Gasteiger partial charge < -0.3 is 78.7 Å². The van der Waals surface area contributed by atoms with E-state index in [9.17, 15) is 60.0 Å². The second kappa shape index (κ2) is 35.2. The molecule has 2 spiro atoms. The van der Waals surface area contributed by atoms with Crippen molar-refractivity contribution in [2.45, 2.75) is 144 Å². The molecule has 0 saturated carbocycles. The van der Waals surface area contributed by atoms with Gasteiger partial charge in [-0.15, -0.1) is 0 Å². The van der Waals surface area contributed by atoms with E-state index < -0.39 is 57.9 Å². The lowest BCUT2D eigenvalue weighted by molar-refractivity contribution is 0.0138. The second-order valence-electron chi connectivity index (χ2n) is 40.6. The molecule has 20 heteroatoms. The summed E-state index contributed by atoms with van der Waals surface area (Å²) in [6.45, 7) is 29.3. The lowest BCUT2D eigenvalue weighted by atomic mass is 9.69. The highest BCUT2D eigenvalue weighted by atomic mass is 16.8. The SMILES string of the molecule is Cc1ccc(-c2ccc3c(c2)C2(c4cc(-c5ccc(C)c(C)c5)ccc4-c4ccc(-c5ccc(OC(=O)OC(C)(C)C)c(OC(=O)OC(C)(C)C)c5)cc42)c2cc(-c4ccc(OC(=O)OC(C)(C)C)c(OC(=O)OC(C)(C)C)c4)ccc2-3)cc1C.Oc1ccc(-c2ccc3c(c2)C2(c4cc(-c5ccc(O)c(O)c5)ccc4-3)c3cc(-c4ccc(O)c(O)c4)ccc3-c3ccc(-c4ccc(O)c(O)c4)cc32)cc1O. The molecular formula is C122H104O20. The molecule has 16 aromatic rings. The van der Waals surface area contributed by atoms with Crippen molar-refractivity contribution in [3.05, 3.63) is 358 Å². The molecular weight excluding hydrogens is 1790 g/mol. The molecule has 4 aliphatic carbocycles. The number of hydrogen-bond donors (Lipinski definition) is 8. The van der Waals surface area contributed by atoms with Crippen LogP contribution in [0.1, 0.15) is 150 Å². The standard InChI is InChI=1S/C73H72O12.C49H32O8/c1-41-17-19-45(33-43(41)3)47-21-27-53-55-29-23-49(51-25-31-61(78-65(74)82-69(5,6)7)63(39-51)80-67(76)84-71(11,12)13)37-59(55)73(57(53)35-47)58-36-48(46-20-18-42(2)44(4)34-46)22-28-54(58)56-30-24-50(38-60(56)73)52-26-32-62(79-66(75)83-70(8,9)10)64(40-52)81-68(77)85-72(14,15)16;50-41-13-5-29(21-45(41)54)25-1-9-33-34-10-2-26(30-6-14-42(51)46(55)22-30)18-38(34)49(37(33)17-25)39-19-27(31-7-15-43(52)47(56)23-31)3-11-35(39)36-12-4-28(20-40(36)49)32-8-16-44(53)48(57)24-32/h17-40H,1-16H3;1-24,50-57H. The summed E-state index contributed by atoms with van der Waals surface area (Å²) in [6.07, 6.45) is -3.90. The van der Waals surface area contributed by atoms with E-state index in [2.05, 4.69) is 173 Å². The predicted octanol–water partition coefficient (Wildman–Crippen LogP) is 29.5. The van der Waals surface area contributed by atoms with Crippen molar-refractivity contribution in [1.82, 2.24) is 0 Å². The van der Waals surface area contributed by atoms with Gasteiger partial charge in [0.25, 0.3) is 0 Å². The first-order chi connectivity index (χ1) is 67.3. The Morgan fingerprint density at radius 3 is 0.535 bits per heavy atom. The Labute approximate surface area is 822 Å². The lowest BCUT2D eigenvalue weighted by Gasteiger charge is -2.32. The fourth-order valence-electron chi connectivity index (χ4n) is 19.7. The zero-order chi connectivity index (χ0) is 101. The molecule has 142 heavy (non-hydrogen) atoms. The minimum Gasteiger partial charge on any atom is -0.504 e. The number of hydrogen-bond acceptors (Lipinski definition) is 20. The molecule has 8 N–H and O–H groups in total. The number of aryl methyl sites for hydroxylation is 4. The minimum atomic E-state index is -0.988. The average molecular weight is 1890 g/mol. The normalized spacial score (nSPS) is 13.0. The maximum atomic E-state index is 13.4. The van der Waals surface area contributed by atoms with E-state index in [4.69, 9.17) is 37.9 Å². The van der Waals surface area contributed by atoms with Gasteiger partial charge >= 0.3 is 24.6 Å². The van der Waals surface area contributed by atoms with Gasteiger partial charge in [-0.05, 0) is 432 Å². The maximum absolute atomic E-state index is 13.4. The zero-order valence-corrected chi connectivity index (χ0v) is 81.2. The van der Waals surface area contributed by atoms with Gasteiger partial charge in [0.1, 0.15) is 22.4 Å². The number of phenolic OH excluding ortho intramolecular Hbond substituents is 8. The Hall–Kier alpha value is -17.0. The Kier molecular flexibility index (Phi) is 23.3. The van der Waals surface area contributed by atoms with Gasteiger partial charge in [-0.2, -0.15) is 0 Å². The summed E-state index contributed by atoms with van der Waals surface area (Å²) in [7, 11) is 0. The van der Waals surface area contributed by atoms with Crippen LogP contribution < -0.4 is 18.9 Å². The van der Waals surface area contributed by atoms with Crippen molar-refractivity contribution in [1.29, 1.82) is 0 Å². The fourth-order valence-corrected chi connectivity index (χ4v) is 19.7. The molecule has 0 fully saturated rings. The lowest BCUT2D eigenvalue weighted by Crippen LogP contribution is -2.27. The number of fused-ring (bicyclic) bond motifs is 20. The van der Waals surface area contributed by atoms with Crippen LogP contribution in [0.4, 0.5) is 19.2 Å². The second-order valence-corrected chi connectivity index (χ2v) is 40.6. The van der Waals surface area contributed by atoms with Gasteiger partial charge in [0.05, 0.1) is 10.8 Å². The minimum absolute atomic E-state index is 0.0399. The van der Waals surface area contributed by atoms with Crippen molar-refractivity contribution in [3.8, 4) is 203 Å². The van der Waals surface area contributed by atoms with Gasteiger partial charge in [-0.3, -0.25) is 0 Å². The molecule has 0 bridgehead atoms. The molecule has 0 saturated heterocycles. The molecule has 0 aliphatic heterocycles. The summed E-state index contributed by atoms with van der Waals surface area (Å²) in [5.41, 5.74) is 28.2. The van der Waals surface area contributed by atoms with Gasteiger partial charge in [-0.25, -0.2) is 19.2 Å². The summed E-state index contributed by atoms with van der Waals surface area (Å²) in [4.78, 5) is 53.2. The molecule has 0 aromatic heterocycles. The van der Waals surface area contributed by atoms with Gasteiger partial charge in [0, 0.05) is 0 Å². The molecule has 0 amide bonds. The van der Waals surface area contributed by atoms with Crippen LogP contribution in [0.5, 0.6) is 69.0 Å². The largest absolute Gasteiger partial charge is 0.514 e. The van der Waals surface area contributed by atoms with Crippen LogP contribution in [0, 0.1) is 27.7 Å². The number of ether oxygens (including phenoxy) is 8. The summed E-state index contributed by atoms with van der Waals surface area (Å²) in [5.74, 6) is -2.05. The highest BCUT2D eigenvalue weighted by Gasteiger charge is 2.55. The topological polar surface area (TPSA) is 304 Å². The highest BCUT2D eigenvalue weighted by molar-refractivity contribution is 6.02. The number of benzene rings is 16. The van der Waals surface area contributed by atoms with Crippen molar-refractivity contribution < 1.29 is 97.9 Å². The first-order valence-electron chi connectivity index (χ1n) is 46.7.